The second-order valence-corrected chi connectivity index (χ2v) is 5.28. The van der Waals surface area contributed by atoms with Gasteiger partial charge in [-0.2, -0.15) is 0 Å². The van der Waals surface area contributed by atoms with E-state index in [1.807, 2.05) is 13.0 Å². The van der Waals surface area contributed by atoms with Crippen molar-refractivity contribution in [2.45, 2.75) is 40.0 Å². The number of rotatable bonds is 7. The number of phenolic OH excluding ortho intramolecular Hbond substituents is 1. The Bertz CT molecular complexity index is 451. The number of carbonyl (C=O) groups excluding carboxylic acids is 1. The number of aryl methyl sites for hydroxylation is 1. The highest BCUT2D eigenvalue weighted by Crippen LogP contribution is 2.24. The van der Waals surface area contributed by atoms with Gasteiger partial charge in [-0.05, 0) is 49.8 Å². The number of aliphatic hydroxyl groups excluding tert-OH is 1. The Balaban J connectivity index is 2.69. The molecule has 1 rings (SSSR count). The van der Waals surface area contributed by atoms with E-state index in [1.54, 1.807) is 13.0 Å². The lowest BCUT2D eigenvalue weighted by Crippen LogP contribution is -2.30. The first kappa shape index (κ1) is 16.5. The van der Waals surface area contributed by atoms with Crippen molar-refractivity contribution in [2.75, 3.05) is 13.2 Å². The zero-order valence-electron chi connectivity index (χ0n) is 12.6. The van der Waals surface area contributed by atoms with Crippen molar-refractivity contribution in [3.8, 4) is 5.75 Å². The molecule has 0 saturated carbocycles. The highest BCUT2D eigenvalue weighted by atomic mass is 16.3. The zero-order valence-corrected chi connectivity index (χ0v) is 12.6. The summed E-state index contributed by atoms with van der Waals surface area (Å²) in [7, 11) is 0. The summed E-state index contributed by atoms with van der Waals surface area (Å²) in [6, 6.07) is 3.48. The zero-order chi connectivity index (χ0) is 15.1. The van der Waals surface area contributed by atoms with Crippen LogP contribution in [-0.4, -0.2) is 29.3 Å². The van der Waals surface area contributed by atoms with E-state index in [2.05, 4.69) is 12.2 Å². The fraction of sp³-hybridized carbons (Fsp3) is 0.562. The maximum Gasteiger partial charge on any atom is 0.255 e. The van der Waals surface area contributed by atoms with Crippen LogP contribution in [0.15, 0.2) is 12.1 Å². The fourth-order valence-electron chi connectivity index (χ4n) is 2.26. The van der Waals surface area contributed by atoms with Crippen LogP contribution in [0, 0.1) is 19.8 Å². The predicted octanol–water partition coefficient (Wildman–Crippen LogP) is 2.54. The van der Waals surface area contributed by atoms with E-state index in [0.29, 0.717) is 18.5 Å². The molecule has 1 amide bonds. The third-order valence-electron chi connectivity index (χ3n) is 3.73. The summed E-state index contributed by atoms with van der Waals surface area (Å²) in [5, 5.41) is 21.9. The molecule has 4 heteroatoms. The lowest BCUT2D eigenvalue weighted by atomic mass is 9.99. The molecule has 20 heavy (non-hydrogen) atoms. The minimum Gasteiger partial charge on any atom is -0.507 e. The van der Waals surface area contributed by atoms with Gasteiger partial charge in [0.25, 0.3) is 5.91 Å². The second kappa shape index (κ2) is 7.90. The fourth-order valence-corrected chi connectivity index (χ4v) is 2.26. The number of carbonyl (C=O) groups is 1. The van der Waals surface area contributed by atoms with Gasteiger partial charge in [0, 0.05) is 13.2 Å². The Morgan fingerprint density at radius 1 is 1.30 bits per heavy atom. The van der Waals surface area contributed by atoms with Gasteiger partial charge in [-0.3, -0.25) is 4.79 Å². The minimum absolute atomic E-state index is 0.0525. The number of nitrogens with one attached hydrogen (secondary N) is 1. The standard InChI is InChI=1S/C16H25NO3/c1-4-5-13(8-9-18)10-17-16(20)14-7-6-11(2)12(3)15(14)19/h6-7,13,18-19H,4-5,8-10H2,1-3H3,(H,17,20). The Hall–Kier alpha value is -1.55. The molecule has 0 fully saturated rings. The van der Waals surface area contributed by atoms with Gasteiger partial charge in [0.1, 0.15) is 5.75 Å². The van der Waals surface area contributed by atoms with Gasteiger partial charge < -0.3 is 15.5 Å². The predicted molar refractivity (Wildman–Crippen MR) is 80.0 cm³/mol. The summed E-state index contributed by atoms with van der Waals surface area (Å²) in [4.78, 5) is 12.1. The summed E-state index contributed by atoms with van der Waals surface area (Å²) >= 11 is 0. The summed E-state index contributed by atoms with van der Waals surface area (Å²) < 4.78 is 0. The maximum atomic E-state index is 12.1. The molecule has 1 aromatic rings. The van der Waals surface area contributed by atoms with Crippen LogP contribution < -0.4 is 5.32 Å². The van der Waals surface area contributed by atoms with E-state index in [9.17, 15) is 9.90 Å². The Morgan fingerprint density at radius 2 is 2.00 bits per heavy atom. The van der Waals surface area contributed by atoms with Crippen LogP contribution in [0.25, 0.3) is 0 Å². The van der Waals surface area contributed by atoms with Crippen LogP contribution in [0.3, 0.4) is 0 Å². The SMILES string of the molecule is CCCC(CCO)CNC(=O)c1ccc(C)c(C)c1O. The average molecular weight is 279 g/mol. The molecule has 0 radical (unpaired) electrons. The molecule has 0 heterocycles. The summed E-state index contributed by atoms with van der Waals surface area (Å²) in [6.45, 7) is 6.44. The van der Waals surface area contributed by atoms with Crippen LogP contribution in [-0.2, 0) is 0 Å². The third kappa shape index (κ3) is 4.23. The van der Waals surface area contributed by atoms with Crippen molar-refractivity contribution in [3.05, 3.63) is 28.8 Å². The van der Waals surface area contributed by atoms with Gasteiger partial charge in [0.05, 0.1) is 5.56 Å². The van der Waals surface area contributed by atoms with Gasteiger partial charge in [-0.1, -0.05) is 19.4 Å². The van der Waals surface area contributed by atoms with Crippen LogP contribution >= 0.6 is 0 Å². The van der Waals surface area contributed by atoms with Gasteiger partial charge in [-0.25, -0.2) is 0 Å². The quantitative estimate of drug-likeness (QED) is 0.718. The lowest BCUT2D eigenvalue weighted by Gasteiger charge is -2.16. The van der Waals surface area contributed by atoms with E-state index in [0.717, 1.165) is 24.0 Å². The monoisotopic (exact) mass is 279 g/mol. The van der Waals surface area contributed by atoms with Gasteiger partial charge in [0.15, 0.2) is 0 Å². The molecular weight excluding hydrogens is 254 g/mol. The summed E-state index contributed by atoms with van der Waals surface area (Å²) in [5.41, 5.74) is 2.01. The van der Waals surface area contributed by atoms with Gasteiger partial charge in [0.2, 0.25) is 0 Å². The molecule has 0 aliphatic heterocycles. The first-order valence-electron chi connectivity index (χ1n) is 7.19. The molecular formula is C16H25NO3. The van der Waals surface area contributed by atoms with E-state index < -0.39 is 0 Å². The van der Waals surface area contributed by atoms with Crippen LogP contribution in [0.5, 0.6) is 5.75 Å². The Kier molecular flexibility index (Phi) is 6.52. The lowest BCUT2D eigenvalue weighted by molar-refractivity contribution is 0.0940. The number of aliphatic hydroxyl groups is 1. The van der Waals surface area contributed by atoms with Crippen molar-refractivity contribution in [1.29, 1.82) is 0 Å². The van der Waals surface area contributed by atoms with Crippen molar-refractivity contribution < 1.29 is 15.0 Å². The molecule has 1 aromatic carbocycles. The van der Waals surface area contributed by atoms with Crippen LogP contribution in [0.2, 0.25) is 0 Å². The molecule has 112 valence electrons. The first-order chi connectivity index (χ1) is 9.51. The molecule has 0 spiro atoms. The molecule has 0 saturated heterocycles. The average Bonchev–Trinajstić information content (AvgIpc) is 2.42. The van der Waals surface area contributed by atoms with Crippen molar-refractivity contribution in [1.82, 2.24) is 5.32 Å². The molecule has 4 nitrogen and oxygen atoms in total. The number of hydrogen-bond acceptors (Lipinski definition) is 3. The van der Waals surface area contributed by atoms with Crippen LogP contribution in [0.1, 0.15) is 47.7 Å². The largest absolute Gasteiger partial charge is 0.507 e. The summed E-state index contributed by atoms with van der Waals surface area (Å²) in [6.07, 6.45) is 2.68. The van der Waals surface area contributed by atoms with E-state index >= 15 is 0 Å². The number of hydrogen-bond donors (Lipinski definition) is 3. The van der Waals surface area contributed by atoms with E-state index in [4.69, 9.17) is 5.11 Å². The van der Waals surface area contributed by atoms with E-state index in [1.165, 1.54) is 0 Å². The topological polar surface area (TPSA) is 69.6 Å². The van der Waals surface area contributed by atoms with E-state index in [-0.39, 0.29) is 24.2 Å². The van der Waals surface area contributed by atoms with Gasteiger partial charge in [-0.15, -0.1) is 0 Å². The van der Waals surface area contributed by atoms with Crippen molar-refractivity contribution >= 4 is 5.91 Å². The molecule has 0 aliphatic carbocycles. The van der Waals surface area contributed by atoms with Crippen LogP contribution in [0.4, 0.5) is 0 Å². The number of amides is 1. The Labute approximate surface area is 120 Å². The molecule has 0 aliphatic rings. The number of benzene rings is 1. The molecule has 0 bridgehead atoms. The summed E-state index contributed by atoms with van der Waals surface area (Å²) in [5.74, 6) is 0.0731. The smallest absolute Gasteiger partial charge is 0.255 e. The van der Waals surface area contributed by atoms with Crippen molar-refractivity contribution in [3.63, 3.8) is 0 Å². The number of phenols is 1. The maximum absolute atomic E-state index is 12.1. The molecule has 0 aromatic heterocycles. The number of aromatic hydroxyl groups is 1. The van der Waals surface area contributed by atoms with Crippen molar-refractivity contribution in [2.24, 2.45) is 5.92 Å². The highest BCUT2D eigenvalue weighted by Gasteiger charge is 2.15. The van der Waals surface area contributed by atoms with Gasteiger partial charge >= 0.3 is 0 Å². The molecule has 1 unspecified atom stereocenters. The minimum atomic E-state index is -0.260. The third-order valence-corrected chi connectivity index (χ3v) is 3.73. The highest BCUT2D eigenvalue weighted by molar-refractivity contribution is 5.97. The first-order valence-corrected chi connectivity index (χ1v) is 7.19. The second-order valence-electron chi connectivity index (χ2n) is 5.28. The Morgan fingerprint density at radius 3 is 2.60 bits per heavy atom. The normalized spacial score (nSPS) is 12.2. The molecule has 3 N–H and O–H groups in total. The molecule has 1 atom stereocenters.